The Morgan fingerprint density at radius 3 is 2.42 bits per heavy atom. The molecule has 0 N–H and O–H groups in total. The Hall–Kier alpha value is -1.84. The molecule has 0 bridgehead atoms. The third kappa shape index (κ3) is 3.13. The van der Waals surface area contributed by atoms with E-state index in [1.54, 1.807) is 7.11 Å². The molecule has 4 heteroatoms. The molecule has 2 rings (SSSR count). The molecule has 1 aromatic rings. The van der Waals surface area contributed by atoms with E-state index >= 15 is 0 Å². The number of ether oxygens (including phenoxy) is 2. The highest BCUT2D eigenvalue weighted by Gasteiger charge is 2.27. The Bertz CT molecular complexity index is 477. The molecule has 0 atom stereocenters. The Kier molecular flexibility index (Phi) is 4.20. The molecular formula is C15H18O4. The van der Waals surface area contributed by atoms with E-state index in [1.165, 1.54) is 0 Å². The molecule has 19 heavy (non-hydrogen) atoms. The molecule has 1 saturated carbocycles. The van der Waals surface area contributed by atoms with Crippen LogP contribution in [0.15, 0.2) is 18.2 Å². The van der Waals surface area contributed by atoms with Crippen molar-refractivity contribution in [1.29, 1.82) is 0 Å². The average Bonchev–Trinajstić information content (AvgIpc) is 2.38. The van der Waals surface area contributed by atoms with Gasteiger partial charge < -0.3 is 9.47 Å². The number of hydrogen-bond donors (Lipinski definition) is 0. The number of methoxy groups -OCH3 is 1. The van der Waals surface area contributed by atoms with E-state index in [4.69, 9.17) is 9.47 Å². The molecule has 0 saturated heterocycles. The number of carbonyl (C=O) groups excluding carboxylic acids is 2. The standard InChI is InChI=1S/C15H18O4/c1-3-19-14-5-4-10(8-15(14)18-2)11-6-12(16)9-13(17)7-11/h4-5,8,11H,3,6-7,9H2,1-2H3. The molecule has 0 unspecified atom stereocenters. The van der Waals surface area contributed by atoms with Gasteiger partial charge in [0.2, 0.25) is 0 Å². The molecule has 0 spiro atoms. The second kappa shape index (κ2) is 5.87. The first-order valence-electron chi connectivity index (χ1n) is 6.48. The SMILES string of the molecule is CCOc1ccc(C2CC(=O)CC(=O)C2)cc1OC. The molecule has 0 aliphatic heterocycles. The smallest absolute Gasteiger partial charge is 0.161 e. The maximum atomic E-state index is 11.5. The van der Waals surface area contributed by atoms with E-state index in [2.05, 4.69) is 0 Å². The van der Waals surface area contributed by atoms with Crippen molar-refractivity contribution in [1.82, 2.24) is 0 Å². The summed E-state index contributed by atoms with van der Waals surface area (Å²) in [7, 11) is 1.58. The van der Waals surface area contributed by atoms with Crippen LogP contribution in [-0.2, 0) is 9.59 Å². The Labute approximate surface area is 112 Å². The van der Waals surface area contributed by atoms with Crippen LogP contribution in [0.3, 0.4) is 0 Å². The molecule has 1 aliphatic rings. The lowest BCUT2D eigenvalue weighted by molar-refractivity contribution is -0.130. The molecule has 1 aliphatic carbocycles. The molecular weight excluding hydrogens is 244 g/mol. The van der Waals surface area contributed by atoms with Gasteiger partial charge in [-0.2, -0.15) is 0 Å². The number of ketones is 2. The van der Waals surface area contributed by atoms with E-state index in [1.807, 2.05) is 25.1 Å². The molecule has 0 radical (unpaired) electrons. The minimum Gasteiger partial charge on any atom is -0.493 e. The summed E-state index contributed by atoms with van der Waals surface area (Å²) in [5.74, 6) is 1.34. The van der Waals surface area contributed by atoms with Gasteiger partial charge in [0, 0.05) is 12.8 Å². The number of benzene rings is 1. The summed E-state index contributed by atoms with van der Waals surface area (Å²) in [4.78, 5) is 23.0. The lowest BCUT2D eigenvalue weighted by atomic mass is 9.82. The van der Waals surface area contributed by atoms with E-state index in [9.17, 15) is 9.59 Å². The van der Waals surface area contributed by atoms with Gasteiger partial charge in [0.1, 0.15) is 11.6 Å². The number of rotatable bonds is 4. The summed E-state index contributed by atoms with van der Waals surface area (Å²) < 4.78 is 10.7. The minimum atomic E-state index is -0.0293. The second-order valence-corrected chi connectivity index (χ2v) is 4.70. The first-order valence-corrected chi connectivity index (χ1v) is 6.48. The zero-order valence-electron chi connectivity index (χ0n) is 11.3. The summed E-state index contributed by atoms with van der Waals surface area (Å²) in [6, 6.07) is 5.60. The Morgan fingerprint density at radius 1 is 1.16 bits per heavy atom. The van der Waals surface area contributed by atoms with Crippen molar-refractivity contribution in [3.05, 3.63) is 23.8 Å². The molecule has 4 nitrogen and oxygen atoms in total. The van der Waals surface area contributed by atoms with Crippen LogP contribution >= 0.6 is 0 Å². The first kappa shape index (κ1) is 13.6. The van der Waals surface area contributed by atoms with Crippen molar-refractivity contribution < 1.29 is 19.1 Å². The molecule has 1 aromatic carbocycles. The number of carbonyl (C=O) groups is 2. The van der Waals surface area contributed by atoms with Crippen molar-refractivity contribution in [2.45, 2.75) is 32.1 Å². The number of Topliss-reactive ketones (excluding diaryl/α,β-unsaturated/α-hetero) is 2. The zero-order valence-corrected chi connectivity index (χ0v) is 11.3. The maximum absolute atomic E-state index is 11.5. The van der Waals surface area contributed by atoms with Gasteiger partial charge in [-0.25, -0.2) is 0 Å². The van der Waals surface area contributed by atoms with E-state index in [0.717, 1.165) is 5.56 Å². The maximum Gasteiger partial charge on any atom is 0.161 e. The lowest BCUT2D eigenvalue weighted by Gasteiger charge is -2.21. The van der Waals surface area contributed by atoms with Gasteiger partial charge in [-0.1, -0.05) is 6.07 Å². The van der Waals surface area contributed by atoms with E-state index in [0.29, 0.717) is 30.9 Å². The van der Waals surface area contributed by atoms with E-state index in [-0.39, 0.29) is 23.9 Å². The highest BCUT2D eigenvalue weighted by atomic mass is 16.5. The predicted molar refractivity (Wildman–Crippen MR) is 70.8 cm³/mol. The van der Waals surface area contributed by atoms with Crippen molar-refractivity contribution >= 4 is 11.6 Å². The first-order chi connectivity index (χ1) is 9.13. The summed E-state index contributed by atoms with van der Waals surface area (Å²) >= 11 is 0. The Balaban J connectivity index is 2.25. The van der Waals surface area contributed by atoms with Crippen LogP contribution in [0.1, 0.15) is 37.7 Å². The van der Waals surface area contributed by atoms with Crippen molar-refractivity contribution in [3.63, 3.8) is 0 Å². The fourth-order valence-corrected chi connectivity index (χ4v) is 2.43. The van der Waals surface area contributed by atoms with Crippen LogP contribution in [0.4, 0.5) is 0 Å². The van der Waals surface area contributed by atoms with Crippen LogP contribution in [0, 0.1) is 0 Å². The van der Waals surface area contributed by atoms with Gasteiger partial charge in [-0.3, -0.25) is 9.59 Å². The fourth-order valence-electron chi connectivity index (χ4n) is 2.43. The van der Waals surface area contributed by atoms with Crippen LogP contribution in [-0.4, -0.2) is 25.3 Å². The third-order valence-electron chi connectivity index (χ3n) is 3.30. The summed E-state index contributed by atoms with van der Waals surface area (Å²) in [6.45, 7) is 2.47. The normalized spacial score (nSPS) is 16.5. The topological polar surface area (TPSA) is 52.6 Å². The average molecular weight is 262 g/mol. The van der Waals surface area contributed by atoms with Gasteiger partial charge in [-0.15, -0.1) is 0 Å². The van der Waals surface area contributed by atoms with Crippen LogP contribution in [0.25, 0.3) is 0 Å². The lowest BCUT2D eigenvalue weighted by Crippen LogP contribution is -2.21. The van der Waals surface area contributed by atoms with Gasteiger partial charge in [0.25, 0.3) is 0 Å². The number of hydrogen-bond acceptors (Lipinski definition) is 4. The van der Waals surface area contributed by atoms with Gasteiger partial charge in [0.05, 0.1) is 20.1 Å². The van der Waals surface area contributed by atoms with Crippen molar-refractivity contribution in [2.75, 3.05) is 13.7 Å². The van der Waals surface area contributed by atoms with Crippen LogP contribution in [0.2, 0.25) is 0 Å². The van der Waals surface area contributed by atoms with Crippen molar-refractivity contribution in [2.24, 2.45) is 0 Å². The Morgan fingerprint density at radius 2 is 1.84 bits per heavy atom. The summed E-state index contributed by atoms with van der Waals surface area (Å²) in [5, 5.41) is 0. The van der Waals surface area contributed by atoms with Crippen LogP contribution in [0.5, 0.6) is 11.5 Å². The highest BCUT2D eigenvalue weighted by Crippen LogP contribution is 2.35. The highest BCUT2D eigenvalue weighted by molar-refractivity contribution is 6.02. The predicted octanol–water partition coefficient (Wildman–Crippen LogP) is 2.50. The zero-order chi connectivity index (χ0) is 13.8. The fraction of sp³-hybridized carbons (Fsp3) is 0.467. The monoisotopic (exact) mass is 262 g/mol. The second-order valence-electron chi connectivity index (χ2n) is 4.70. The molecule has 102 valence electrons. The van der Waals surface area contributed by atoms with Gasteiger partial charge in [-0.05, 0) is 30.5 Å². The molecule has 1 fully saturated rings. The van der Waals surface area contributed by atoms with Crippen LogP contribution < -0.4 is 9.47 Å². The largest absolute Gasteiger partial charge is 0.493 e. The molecule has 0 amide bonds. The van der Waals surface area contributed by atoms with Gasteiger partial charge >= 0.3 is 0 Å². The third-order valence-corrected chi connectivity index (χ3v) is 3.30. The molecule has 0 heterocycles. The van der Waals surface area contributed by atoms with Crippen molar-refractivity contribution in [3.8, 4) is 11.5 Å². The summed E-state index contributed by atoms with van der Waals surface area (Å²) in [5.41, 5.74) is 0.960. The summed E-state index contributed by atoms with van der Waals surface area (Å²) in [6.07, 6.45) is 0.955. The molecule has 0 aromatic heterocycles. The minimum absolute atomic E-state index is 0.0223. The van der Waals surface area contributed by atoms with Gasteiger partial charge in [0.15, 0.2) is 11.5 Å². The van der Waals surface area contributed by atoms with E-state index < -0.39 is 0 Å². The quantitative estimate of drug-likeness (QED) is 0.782.